The fourth-order valence-electron chi connectivity index (χ4n) is 3.84. The summed E-state index contributed by atoms with van der Waals surface area (Å²) < 4.78 is 5.56. The lowest BCUT2D eigenvalue weighted by Crippen LogP contribution is -2.33. The van der Waals surface area contributed by atoms with Gasteiger partial charge in [-0.05, 0) is 42.7 Å². The molecule has 2 aromatic heterocycles. The minimum absolute atomic E-state index is 0.114. The van der Waals surface area contributed by atoms with E-state index < -0.39 is 0 Å². The molecular weight excluding hydrogens is 400 g/mol. The molecule has 1 amide bonds. The van der Waals surface area contributed by atoms with Gasteiger partial charge in [0.25, 0.3) is 5.91 Å². The third-order valence-electron chi connectivity index (χ3n) is 5.62. The van der Waals surface area contributed by atoms with Crippen LogP contribution in [0.2, 0.25) is 5.02 Å². The van der Waals surface area contributed by atoms with Gasteiger partial charge in [-0.25, -0.2) is 4.98 Å². The molecule has 5 rings (SSSR count). The number of nitrogen functional groups attached to an aromatic ring is 1. The highest BCUT2D eigenvalue weighted by Gasteiger charge is 2.34. The third kappa shape index (κ3) is 3.26. The number of carbonyl (C=O) groups excluding carboxylic acids is 1. The van der Waals surface area contributed by atoms with Crippen LogP contribution in [0.25, 0.3) is 10.9 Å². The zero-order chi connectivity index (χ0) is 20.8. The number of rotatable bonds is 4. The number of amides is 1. The molecule has 0 unspecified atom stereocenters. The van der Waals surface area contributed by atoms with Crippen LogP contribution >= 0.6 is 11.6 Å². The Kier molecular flexibility index (Phi) is 4.58. The topological polar surface area (TPSA) is 81.3 Å². The minimum atomic E-state index is -0.114. The van der Waals surface area contributed by atoms with Crippen molar-refractivity contribution < 1.29 is 9.53 Å². The van der Waals surface area contributed by atoms with Gasteiger partial charge in [0.1, 0.15) is 5.82 Å². The molecule has 1 fully saturated rings. The van der Waals surface area contributed by atoms with E-state index in [2.05, 4.69) is 15.9 Å². The van der Waals surface area contributed by atoms with E-state index in [0.717, 1.165) is 35.0 Å². The molecule has 1 saturated carbocycles. The van der Waals surface area contributed by atoms with Crippen molar-refractivity contribution in [3.05, 3.63) is 63.4 Å². The first kappa shape index (κ1) is 18.9. The second-order valence-electron chi connectivity index (χ2n) is 7.64. The number of fused-ring (bicyclic) bond motifs is 3. The smallest absolute Gasteiger partial charge is 0.255 e. The molecule has 2 N–H and O–H groups in total. The average Bonchev–Trinajstić information content (AvgIpc) is 3.46. The molecule has 0 bridgehead atoms. The highest BCUT2D eigenvalue weighted by molar-refractivity contribution is 6.34. The van der Waals surface area contributed by atoms with E-state index in [1.165, 1.54) is 0 Å². The number of halogens is 1. The Morgan fingerprint density at radius 2 is 2.10 bits per heavy atom. The Bertz CT molecular complexity index is 1210. The molecule has 0 saturated heterocycles. The fourth-order valence-corrected chi connectivity index (χ4v) is 4.08. The first-order valence-corrected chi connectivity index (χ1v) is 10.1. The number of carbonyl (C=O) groups is 1. The van der Waals surface area contributed by atoms with Gasteiger partial charge in [0.05, 0.1) is 41.6 Å². The number of benzene rings is 1. The van der Waals surface area contributed by atoms with Gasteiger partial charge in [-0.1, -0.05) is 17.5 Å². The number of nitrogens with two attached hydrogens (primary N) is 1. The highest BCUT2D eigenvalue weighted by atomic mass is 35.5. The van der Waals surface area contributed by atoms with Crippen molar-refractivity contribution in [3.63, 3.8) is 0 Å². The maximum absolute atomic E-state index is 13.5. The summed E-state index contributed by atoms with van der Waals surface area (Å²) in [6.45, 7) is 1.29. The van der Waals surface area contributed by atoms with Crippen LogP contribution in [0.1, 0.15) is 45.6 Å². The summed E-state index contributed by atoms with van der Waals surface area (Å²) in [7, 11) is 0. The van der Waals surface area contributed by atoms with Crippen LogP contribution in [0.4, 0.5) is 5.82 Å². The Labute approximate surface area is 179 Å². The van der Waals surface area contributed by atoms with Gasteiger partial charge in [-0.2, -0.15) is 0 Å². The van der Waals surface area contributed by atoms with E-state index in [1.54, 1.807) is 12.3 Å². The predicted molar refractivity (Wildman–Crippen MR) is 115 cm³/mol. The standard InChI is InChI=1S/C23H19ClN4O2/c1-2-13-3-4-14(26-9-13)10-28(15-5-6-15)23(29)17-7-16-18-11-30-12-19(18)22(25)27-21(16)8-20(17)24/h1,3-4,7-9,15H,5-6,10-12H2,(H2,25,27). The van der Waals surface area contributed by atoms with Crippen LogP contribution in [0.15, 0.2) is 30.5 Å². The van der Waals surface area contributed by atoms with Gasteiger partial charge in [0.2, 0.25) is 0 Å². The monoisotopic (exact) mass is 418 g/mol. The maximum atomic E-state index is 13.5. The Hall–Kier alpha value is -3.14. The van der Waals surface area contributed by atoms with Gasteiger partial charge in [-0.3, -0.25) is 9.78 Å². The molecule has 0 spiro atoms. The van der Waals surface area contributed by atoms with E-state index in [1.807, 2.05) is 23.1 Å². The van der Waals surface area contributed by atoms with Crippen LogP contribution in [0.3, 0.4) is 0 Å². The van der Waals surface area contributed by atoms with Crippen molar-refractivity contribution in [2.24, 2.45) is 0 Å². The van der Waals surface area contributed by atoms with Gasteiger partial charge < -0.3 is 15.4 Å². The number of pyridine rings is 2. The number of anilines is 1. The van der Waals surface area contributed by atoms with Gasteiger partial charge in [0.15, 0.2) is 0 Å². The number of terminal acetylenes is 1. The zero-order valence-corrected chi connectivity index (χ0v) is 16.9. The molecule has 3 heterocycles. The molecule has 3 aromatic rings. The van der Waals surface area contributed by atoms with Crippen molar-refractivity contribution in [2.75, 3.05) is 5.73 Å². The van der Waals surface area contributed by atoms with E-state index in [9.17, 15) is 4.79 Å². The van der Waals surface area contributed by atoms with Crippen molar-refractivity contribution >= 4 is 34.2 Å². The molecule has 7 heteroatoms. The Morgan fingerprint density at radius 3 is 2.80 bits per heavy atom. The van der Waals surface area contributed by atoms with Crippen LogP contribution in [0.5, 0.6) is 0 Å². The lowest BCUT2D eigenvalue weighted by atomic mass is 10.0. The molecule has 6 nitrogen and oxygen atoms in total. The predicted octanol–water partition coefficient (Wildman–Crippen LogP) is 3.68. The van der Waals surface area contributed by atoms with Crippen molar-refractivity contribution in [3.8, 4) is 12.3 Å². The lowest BCUT2D eigenvalue weighted by molar-refractivity contribution is 0.0728. The summed E-state index contributed by atoms with van der Waals surface area (Å²) in [6.07, 6.45) is 8.99. The van der Waals surface area contributed by atoms with E-state index >= 15 is 0 Å². The second kappa shape index (κ2) is 7.28. The Morgan fingerprint density at radius 1 is 1.30 bits per heavy atom. The second-order valence-corrected chi connectivity index (χ2v) is 8.05. The average molecular weight is 419 g/mol. The summed E-state index contributed by atoms with van der Waals surface area (Å²) in [4.78, 5) is 24.2. The van der Waals surface area contributed by atoms with Gasteiger partial charge >= 0.3 is 0 Å². The number of hydrogen-bond acceptors (Lipinski definition) is 5. The van der Waals surface area contributed by atoms with Gasteiger partial charge in [0, 0.05) is 28.8 Å². The highest BCUT2D eigenvalue weighted by Crippen LogP contribution is 2.36. The molecule has 1 aromatic carbocycles. The number of nitrogens with zero attached hydrogens (tertiary/aromatic N) is 3. The zero-order valence-electron chi connectivity index (χ0n) is 16.2. The van der Waals surface area contributed by atoms with E-state index in [-0.39, 0.29) is 11.9 Å². The van der Waals surface area contributed by atoms with Gasteiger partial charge in [-0.15, -0.1) is 6.42 Å². The molecular formula is C23H19ClN4O2. The molecule has 150 valence electrons. The van der Waals surface area contributed by atoms with E-state index in [0.29, 0.717) is 47.2 Å². The first-order chi connectivity index (χ1) is 14.5. The lowest BCUT2D eigenvalue weighted by Gasteiger charge is -2.23. The third-order valence-corrected chi connectivity index (χ3v) is 5.93. The molecule has 30 heavy (non-hydrogen) atoms. The van der Waals surface area contributed by atoms with Crippen LogP contribution in [0, 0.1) is 12.3 Å². The molecule has 0 atom stereocenters. The quantitative estimate of drug-likeness (QED) is 0.653. The summed E-state index contributed by atoms with van der Waals surface area (Å²) in [5.74, 6) is 2.89. The molecule has 0 radical (unpaired) electrons. The van der Waals surface area contributed by atoms with Crippen molar-refractivity contribution in [1.82, 2.24) is 14.9 Å². The number of hydrogen-bond donors (Lipinski definition) is 1. The summed E-state index contributed by atoms with van der Waals surface area (Å²) in [5.41, 5.74) is 10.6. The molecule has 2 aliphatic rings. The van der Waals surface area contributed by atoms with Crippen LogP contribution in [-0.4, -0.2) is 26.8 Å². The number of aromatic nitrogens is 2. The number of ether oxygens (including phenoxy) is 1. The normalized spacial score (nSPS) is 15.1. The summed E-state index contributed by atoms with van der Waals surface area (Å²) >= 11 is 6.52. The van der Waals surface area contributed by atoms with Crippen LogP contribution < -0.4 is 5.73 Å². The summed E-state index contributed by atoms with van der Waals surface area (Å²) in [5, 5.41) is 1.22. The first-order valence-electron chi connectivity index (χ1n) is 9.76. The molecule has 1 aliphatic carbocycles. The fraction of sp³-hybridized carbons (Fsp3) is 0.261. The van der Waals surface area contributed by atoms with Crippen molar-refractivity contribution in [1.29, 1.82) is 0 Å². The Balaban J connectivity index is 1.52. The molecule has 1 aliphatic heterocycles. The van der Waals surface area contributed by atoms with Crippen molar-refractivity contribution in [2.45, 2.75) is 38.6 Å². The van der Waals surface area contributed by atoms with E-state index in [4.69, 9.17) is 28.5 Å². The maximum Gasteiger partial charge on any atom is 0.255 e. The summed E-state index contributed by atoms with van der Waals surface area (Å²) in [6, 6.07) is 7.42. The SMILES string of the molecule is C#Cc1ccc(CN(C(=O)c2cc3c4c(c(N)nc3cc2Cl)COC4)C2CC2)nc1. The largest absolute Gasteiger partial charge is 0.383 e. The van der Waals surface area contributed by atoms with Crippen LogP contribution in [-0.2, 0) is 24.5 Å². The minimum Gasteiger partial charge on any atom is -0.383 e.